The van der Waals surface area contributed by atoms with Crippen molar-refractivity contribution in [2.75, 3.05) is 13.1 Å². The number of nitrogens with one attached hydrogen (secondary N) is 1. The molecular weight excluding hydrogens is 339 g/mol. The summed E-state index contributed by atoms with van der Waals surface area (Å²) in [6.07, 6.45) is 1.73. The van der Waals surface area contributed by atoms with Gasteiger partial charge in [0.15, 0.2) is 22.4 Å². The minimum Gasteiger partial charge on any atom is -0.458 e. The molecule has 0 unspecified atom stereocenters. The van der Waals surface area contributed by atoms with Crippen molar-refractivity contribution in [1.29, 1.82) is 0 Å². The molecule has 1 aliphatic heterocycles. The molecule has 1 aliphatic rings. The molecule has 24 heavy (non-hydrogen) atoms. The molecule has 0 atom stereocenters. The fraction of sp³-hybridized carbons (Fsp3) is 0.375. The number of hydrogen-bond acceptors (Lipinski definition) is 5. The summed E-state index contributed by atoms with van der Waals surface area (Å²) in [5, 5.41) is 3.37. The maximum Gasteiger partial charge on any atom is 0.419 e. The first-order valence-corrected chi connectivity index (χ1v) is 7.53. The Morgan fingerprint density at radius 3 is 2.58 bits per heavy atom. The molecular formula is C16H16ClFN2O4. The zero-order valence-corrected chi connectivity index (χ0v) is 13.7. The van der Waals surface area contributed by atoms with E-state index in [2.05, 4.69) is 5.32 Å². The average molecular weight is 355 g/mol. The first kappa shape index (κ1) is 16.7. The van der Waals surface area contributed by atoms with Gasteiger partial charge < -0.3 is 14.2 Å². The second-order valence-corrected chi connectivity index (χ2v) is 5.88. The summed E-state index contributed by atoms with van der Waals surface area (Å²) in [6, 6.07) is 2.50. The highest BCUT2D eigenvalue weighted by Crippen LogP contribution is 2.30. The van der Waals surface area contributed by atoms with E-state index in [1.54, 1.807) is 0 Å². The molecule has 1 fully saturated rings. The van der Waals surface area contributed by atoms with E-state index in [4.69, 9.17) is 8.83 Å². The second-order valence-electron chi connectivity index (χ2n) is 5.88. The van der Waals surface area contributed by atoms with Crippen molar-refractivity contribution in [3.05, 3.63) is 44.5 Å². The Balaban J connectivity index is 0.00000169. The number of hydrogen-bond donors (Lipinski definition) is 1. The van der Waals surface area contributed by atoms with Crippen LogP contribution in [0.25, 0.3) is 22.1 Å². The average Bonchev–Trinajstić information content (AvgIpc) is 2.86. The van der Waals surface area contributed by atoms with Crippen molar-refractivity contribution in [3.63, 3.8) is 0 Å². The van der Waals surface area contributed by atoms with Crippen LogP contribution in [0, 0.1) is 5.82 Å². The largest absolute Gasteiger partial charge is 0.458 e. The number of fused-ring (bicyclic) bond motifs is 3. The predicted molar refractivity (Wildman–Crippen MR) is 89.5 cm³/mol. The molecule has 8 heteroatoms. The van der Waals surface area contributed by atoms with Gasteiger partial charge in [0, 0.05) is 19.0 Å². The van der Waals surface area contributed by atoms with Gasteiger partial charge in [-0.05, 0) is 32.0 Å². The van der Waals surface area contributed by atoms with Gasteiger partial charge in [0.1, 0.15) is 11.3 Å². The lowest BCUT2D eigenvalue weighted by atomic mass is 9.95. The third-order valence-corrected chi connectivity index (χ3v) is 4.46. The second kappa shape index (κ2) is 6.07. The summed E-state index contributed by atoms with van der Waals surface area (Å²) >= 11 is 0. The van der Waals surface area contributed by atoms with Crippen LogP contribution in [0.4, 0.5) is 4.39 Å². The van der Waals surface area contributed by atoms with Crippen molar-refractivity contribution in [1.82, 2.24) is 9.88 Å². The maximum absolute atomic E-state index is 14.1. The van der Waals surface area contributed by atoms with Gasteiger partial charge in [-0.25, -0.2) is 9.18 Å². The van der Waals surface area contributed by atoms with E-state index in [9.17, 15) is 14.0 Å². The third kappa shape index (κ3) is 2.44. The highest BCUT2D eigenvalue weighted by molar-refractivity contribution is 5.99. The van der Waals surface area contributed by atoms with Crippen molar-refractivity contribution < 1.29 is 13.2 Å². The Kier molecular flexibility index (Phi) is 4.23. The number of aryl methyl sites for hydroxylation is 1. The van der Waals surface area contributed by atoms with Crippen LogP contribution in [0.5, 0.6) is 0 Å². The topological polar surface area (TPSA) is 77.4 Å². The Morgan fingerprint density at radius 2 is 1.88 bits per heavy atom. The van der Waals surface area contributed by atoms with E-state index in [-0.39, 0.29) is 45.8 Å². The molecule has 3 aromatic rings. The Labute approximate surface area is 141 Å². The fourth-order valence-electron chi connectivity index (χ4n) is 3.20. The highest BCUT2D eigenvalue weighted by Gasteiger charge is 2.23. The van der Waals surface area contributed by atoms with Gasteiger partial charge in [0.25, 0.3) is 0 Å². The molecule has 2 aromatic heterocycles. The molecule has 4 rings (SSSR count). The molecule has 0 amide bonds. The van der Waals surface area contributed by atoms with Gasteiger partial charge in [-0.3, -0.25) is 9.36 Å². The van der Waals surface area contributed by atoms with Gasteiger partial charge in [-0.1, -0.05) is 0 Å². The summed E-state index contributed by atoms with van der Waals surface area (Å²) in [5.41, 5.74) is -0.112. The number of nitrogens with zero attached hydrogens (tertiary/aromatic N) is 1. The smallest absolute Gasteiger partial charge is 0.419 e. The summed E-state index contributed by atoms with van der Waals surface area (Å²) in [7, 11) is 1.46. The zero-order valence-electron chi connectivity index (χ0n) is 12.9. The van der Waals surface area contributed by atoms with Crippen LogP contribution in [0.3, 0.4) is 0 Å². The van der Waals surface area contributed by atoms with Crippen molar-refractivity contribution >= 4 is 34.5 Å². The highest BCUT2D eigenvalue weighted by atomic mass is 35.5. The van der Waals surface area contributed by atoms with E-state index >= 15 is 0 Å². The summed E-state index contributed by atoms with van der Waals surface area (Å²) in [4.78, 5) is 24.1. The lowest BCUT2D eigenvalue weighted by molar-refractivity contribution is 0.392. The van der Waals surface area contributed by atoms with Crippen LogP contribution >= 0.6 is 12.4 Å². The van der Waals surface area contributed by atoms with E-state index in [0.717, 1.165) is 36.6 Å². The number of rotatable bonds is 1. The molecule has 0 spiro atoms. The number of halogens is 2. The molecule has 0 aliphatic carbocycles. The molecule has 128 valence electrons. The Bertz CT molecular complexity index is 1030. The minimum atomic E-state index is -0.743. The summed E-state index contributed by atoms with van der Waals surface area (Å²) < 4.78 is 26.1. The van der Waals surface area contributed by atoms with Crippen LogP contribution < -0.4 is 16.5 Å². The summed E-state index contributed by atoms with van der Waals surface area (Å²) in [5.74, 6) is -0.726. The number of piperidine rings is 1. The number of aromatic nitrogens is 1. The normalized spacial score (nSPS) is 15.8. The standard InChI is InChI=1S/C16H15FN2O4.ClH/c1-19-13-14-9(6-10(17)15(13)23-16(19)21)11(20)7-12(22-14)8-2-4-18-5-3-8;/h6-8,18H,2-5H2,1H3;1H. The van der Waals surface area contributed by atoms with Crippen molar-refractivity contribution in [3.8, 4) is 0 Å². The third-order valence-electron chi connectivity index (χ3n) is 4.46. The maximum atomic E-state index is 14.1. The number of benzene rings is 1. The predicted octanol–water partition coefficient (Wildman–Crippen LogP) is 2.27. The van der Waals surface area contributed by atoms with Crippen molar-refractivity contribution in [2.24, 2.45) is 7.05 Å². The monoisotopic (exact) mass is 354 g/mol. The van der Waals surface area contributed by atoms with Crippen LogP contribution in [0.1, 0.15) is 24.5 Å². The molecule has 0 saturated carbocycles. The molecule has 1 N–H and O–H groups in total. The molecule has 3 heterocycles. The van der Waals surface area contributed by atoms with Gasteiger partial charge in [-0.2, -0.15) is 0 Å². The van der Waals surface area contributed by atoms with Gasteiger partial charge in [-0.15, -0.1) is 12.4 Å². The Hall–Kier alpha value is -2.12. The van der Waals surface area contributed by atoms with E-state index in [1.807, 2.05) is 0 Å². The van der Waals surface area contributed by atoms with E-state index < -0.39 is 11.6 Å². The zero-order chi connectivity index (χ0) is 16.1. The van der Waals surface area contributed by atoms with Crippen LogP contribution in [0.15, 0.2) is 30.6 Å². The Morgan fingerprint density at radius 1 is 1.17 bits per heavy atom. The number of oxazole rings is 1. The molecule has 1 aromatic carbocycles. The quantitative estimate of drug-likeness (QED) is 0.725. The van der Waals surface area contributed by atoms with Crippen LogP contribution in [-0.4, -0.2) is 17.7 Å². The summed E-state index contributed by atoms with van der Waals surface area (Å²) in [6.45, 7) is 1.71. The van der Waals surface area contributed by atoms with E-state index in [1.165, 1.54) is 13.1 Å². The van der Waals surface area contributed by atoms with E-state index in [0.29, 0.717) is 5.76 Å². The minimum absolute atomic E-state index is 0. The molecule has 1 saturated heterocycles. The van der Waals surface area contributed by atoms with Gasteiger partial charge in [0.2, 0.25) is 0 Å². The van der Waals surface area contributed by atoms with Crippen LogP contribution in [0.2, 0.25) is 0 Å². The van der Waals surface area contributed by atoms with Crippen LogP contribution in [-0.2, 0) is 7.05 Å². The molecule has 0 radical (unpaired) electrons. The first-order valence-electron chi connectivity index (χ1n) is 7.53. The molecule has 0 bridgehead atoms. The SMILES string of the molecule is Cl.Cn1c(=O)oc2c(F)cc3c(=O)cc(C4CCNCC4)oc3c21. The first-order chi connectivity index (χ1) is 11.1. The van der Waals surface area contributed by atoms with Gasteiger partial charge in [0.05, 0.1) is 5.39 Å². The molecule has 6 nitrogen and oxygen atoms in total. The van der Waals surface area contributed by atoms with Crippen molar-refractivity contribution in [2.45, 2.75) is 18.8 Å². The lowest BCUT2D eigenvalue weighted by Crippen LogP contribution is -2.27. The van der Waals surface area contributed by atoms with Gasteiger partial charge >= 0.3 is 5.76 Å². The lowest BCUT2D eigenvalue weighted by Gasteiger charge is -2.21. The fourth-order valence-corrected chi connectivity index (χ4v) is 3.20.